The van der Waals surface area contributed by atoms with E-state index in [0.717, 1.165) is 22.2 Å². The van der Waals surface area contributed by atoms with Crippen LogP contribution in [0.4, 0.5) is 18.9 Å². The first-order chi connectivity index (χ1) is 8.97. The van der Waals surface area contributed by atoms with Gasteiger partial charge in [0, 0.05) is 16.7 Å². The molecule has 0 amide bonds. The minimum Gasteiger partial charge on any atom is -0.381 e. The summed E-state index contributed by atoms with van der Waals surface area (Å²) in [6, 6.07) is 12.7. The Labute approximate surface area is 117 Å². The fourth-order valence-electron chi connectivity index (χ4n) is 1.62. The summed E-state index contributed by atoms with van der Waals surface area (Å²) in [5, 5.41) is 3.08. The molecular formula is C14H11BrF3N. The van der Waals surface area contributed by atoms with E-state index in [9.17, 15) is 13.2 Å². The third kappa shape index (κ3) is 3.73. The number of halogens is 4. The van der Waals surface area contributed by atoms with E-state index < -0.39 is 11.7 Å². The van der Waals surface area contributed by atoms with Crippen molar-refractivity contribution in [1.29, 1.82) is 0 Å². The Balaban J connectivity index is 2.03. The van der Waals surface area contributed by atoms with Crippen LogP contribution in [0.5, 0.6) is 0 Å². The van der Waals surface area contributed by atoms with Crippen molar-refractivity contribution in [3.63, 3.8) is 0 Å². The van der Waals surface area contributed by atoms with Crippen LogP contribution >= 0.6 is 15.9 Å². The molecule has 0 atom stereocenters. The standard InChI is InChI=1S/C14H11BrF3N/c15-13-4-2-1-3-10(13)9-19-12-7-5-11(6-8-12)14(16,17)18/h1-8,19H,9H2. The summed E-state index contributed by atoms with van der Waals surface area (Å²) in [5.74, 6) is 0. The first-order valence-electron chi connectivity index (χ1n) is 5.61. The van der Waals surface area contributed by atoms with E-state index in [4.69, 9.17) is 0 Å². The van der Waals surface area contributed by atoms with Gasteiger partial charge in [-0.2, -0.15) is 13.2 Å². The maximum absolute atomic E-state index is 12.4. The molecule has 2 aromatic rings. The minimum atomic E-state index is -4.29. The molecule has 0 fully saturated rings. The van der Waals surface area contributed by atoms with E-state index in [1.165, 1.54) is 12.1 Å². The van der Waals surface area contributed by atoms with E-state index in [0.29, 0.717) is 12.2 Å². The molecule has 0 saturated heterocycles. The van der Waals surface area contributed by atoms with Crippen LogP contribution in [0, 0.1) is 0 Å². The second-order valence-corrected chi connectivity index (χ2v) is 4.87. The molecule has 0 aliphatic rings. The second-order valence-electron chi connectivity index (χ2n) is 4.02. The van der Waals surface area contributed by atoms with Gasteiger partial charge in [0.15, 0.2) is 0 Å². The number of hydrogen-bond donors (Lipinski definition) is 1. The van der Waals surface area contributed by atoms with Gasteiger partial charge < -0.3 is 5.32 Å². The lowest BCUT2D eigenvalue weighted by atomic mass is 10.2. The Morgan fingerprint density at radius 3 is 2.16 bits per heavy atom. The number of alkyl halides is 3. The highest BCUT2D eigenvalue weighted by Gasteiger charge is 2.29. The second kappa shape index (κ2) is 5.65. The average Bonchev–Trinajstić information content (AvgIpc) is 2.37. The van der Waals surface area contributed by atoms with E-state index in [-0.39, 0.29) is 0 Å². The molecule has 0 radical (unpaired) electrons. The molecule has 19 heavy (non-hydrogen) atoms. The lowest BCUT2D eigenvalue weighted by Gasteiger charge is -2.10. The third-order valence-corrected chi connectivity index (χ3v) is 3.43. The van der Waals surface area contributed by atoms with Crippen molar-refractivity contribution < 1.29 is 13.2 Å². The molecule has 2 aromatic carbocycles. The number of benzene rings is 2. The molecule has 0 heterocycles. The first kappa shape index (κ1) is 13.9. The number of rotatable bonds is 3. The molecule has 5 heteroatoms. The summed E-state index contributed by atoms with van der Waals surface area (Å²) in [6.45, 7) is 0.548. The van der Waals surface area contributed by atoms with E-state index in [1.807, 2.05) is 24.3 Å². The summed E-state index contributed by atoms with van der Waals surface area (Å²) in [5.41, 5.74) is 1.06. The largest absolute Gasteiger partial charge is 0.416 e. The Morgan fingerprint density at radius 1 is 0.947 bits per heavy atom. The van der Waals surface area contributed by atoms with Crippen molar-refractivity contribution in [3.05, 3.63) is 64.1 Å². The SMILES string of the molecule is FC(F)(F)c1ccc(NCc2ccccc2Br)cc1. The van der Waals surface area contributed by atoms with Crippen molar-refractivity contribution in [2.45, 2.75) is 12.7 Å². The quantitative estimate of drug-likeness (QED) is 0.827. The summed E-state index contributed by atoms with van der Waals surface area (Å²) in [6.07, 6.45) is -4.29. The van der Waals surface area contributed by atoms with Gasteiger partial charge in [-0.15, -0.1) is 0 Å². The molecule has 1 nitrogen and oxygen atoms in total. The zero-order valence-corrected chi connectivity index (χ0v) is 11.4. The zero-order valence-electron chi connectivity index (χ0n) is 9.84. The molecule has 2 rings (SSSR count). The maximum Gasteiger partial charge on any atom is 0.416 e. The van der Waals surface area contributed by atoms with Crippen molar-refractivity contribution in [2.24, 2.45) is 0 Å². The monoisotopic (exact) mass is 329 g/mol. The number of anilines is 1. The number of nitrogens with one attached hydrogen (secondary N) is 1. The van der Waals surface area contributed by atoms with Gasteiger partial charge in [-0.1, -0.05) is 34.1 Å². The Kier molecular flexibility index (Phi) is 4.14. The summed E-state index contributed by atoms with van der Waals surface area (Å²) in [7, 11) is 0. The summed E-state index contributed by atoms with van der Waals surface area (Å²) >= 11 is 3.42. The molecule has 100 valence electrons. The first-order valence-corrected chi connectivity index (χ1v) is 6.40. The summed E-state index contributed by atoms with van der Waals surface area (Å²) < 4.78 is 38.2. The highest BCUT2D eigenvalue weighted by atomic mass is 79.9. The Morgan fingerprint density at radius 2 is 1.58 bits per heavy atom. The van der Waals surface area contributed by atoms with Crippen LogP contribution in [0.3, 0.4) is 0 Å². The van der Waals surface area contributed by atoms with E-state index >= 15 is 0 Å². The van der Waals surface area contributed by atoms with Crippen molar-refractivity contribution >= 4 is 21.6 Å². The van der Waals surface area contributed by atoms with Gasteiger partial charge >= 0.3 is 6.18 Å². The molecule has 0 aromatic heterocycles. The van der Waals surface area contributed by atoms with Crippen molar-refractivity contribution in [1.82, 2.24) is 0 Å². The number of hydrogen-bond acceptors (Lipinski definition) is 1. The third-order valence-electron chi connectivity index (χ3n) is 2.65. The molecular weight excluding hydrogens is 319 g/mol. The van der Waals surface area contributed by atoms with Crippen LogP contribution in [0.15, 0.2) is 53.0 Å². The topological polar surface area (TPSA) is 12.0 Å². The van der Waals surface area contributed by atoms with Gasteiger partial charge in [0.05, 0.1) is 5.56 Å². The highest BCUT2D eigenvalue weighted by Crippen LogP contribution is 2.30. The maximum atomic E-state index is 12.4. The van der Waals surface area contributed by atoms with Gasteiger partial charge in [0.1, 0.15) is 0 Å². The fourth-order valence-corrected chi connectivity index (χ4v) is 2.04. The Bertz CT molecular complexity index is 549. The van der Waals surface area contributed by atoms with Gasteiger partial charge in [-0.3, -0.25) is 0 Å². The van der Waals surface area contributed by atoms with Crippen molar-refractivity contribution in [3.8, 4) is 0 Å². The van der Waals surface area contributed by atoms with Gasteiger partial charge in [-0.25, -0.2) is 0 Å². The van der Waals surface area contributed by atoms with Gasteiger partial charge in [0.2, 0.25) is 0 Å². The lowest BCUT2D eigenvalue weighted by molar-refractivity contribution is -0.137. The van der Waals surface area contributed by atoms with Crippen LogP contribution < -0.4 is 5.32 Å². The van der Waals surface area contributed by atoms with Crippen LogP contribution in [0.2, 0.25) is 0 Å². The Hall–Kier alpha value is -1.49. The van der Waals surface area contributed by atoms with Gasteiger partial charge in [-0.05, 0) is 35.9 Å². The fraction of sp³-hybridized carbons (Fsp3) is 0.143. The zero-order chi connectivity index (χ0) is 13.9. The smallest absolute Gasteiger partial charge is 0.381 e. The van der Waals surface area contributed by atoms with Gasteiger partial charge in [0.25, 0.3) is 0 Å². The van der Waals surface area contributed by atoms with Crippen LogP contribution in [-0.2, 0) is 12.7 Å². The normalized spacial score (nSPS) is 11.4. The predicted octanol–water partition coefficient (Wildman–Crippen LogP) is 5.08. The van der Waals surface area contributed by atoms with Crippen molar-refractivity contribution in [2.75, 3.05) is 5.32 Å². The molecule has 0 spiro atoms. The minimum absolute atomic E-state index is 0.548. The lowest BCUT2D eigenvalue weighted by Crippen LogP contribution is -2.05. The summed E-state index contributed by atoms with van der Waals surface area (Å²) in [4.78, 5) is 0. The molecule has 0 saturated carbocycles. The van der Waals surface area contributed by atoms with Crippen LogP contribution in [0.25, 0.3) is 0 Å². The van der Waals surface area contributed by atoms with E-state index in [2.05, 4.69) is 21.2 Å². The molecule has 0 unspecified atom stereocenters. The average molecular weight is 330 g/mol. The molecule has 1 N–H and O–H groups in total. The van der Waals surface area contributed by atoms with Crippen LogP contribution in [-0.4, -0.2) is 0 Å². The molecule has 0 aliphatic carbocycles. The van der Waals surface area contributed by atoms with Crippen LogP contribution in [0.1, 0.15) is 11.1 Å². The predicted molar refractivity (Wildman–Crippen MR) is 72.9 cm³/mol. The molecule has 0 aliphatic heterocycles. The van der Waals surface area contributed by atoms with E-state index in [1.54, 1.807) is 0 Å². The highest BCUT2D eigenvalue weighted by molar-refractivity contribution is 9.10. The molecule has 0 bridgehead atoms.